The highest BCUT2D eigenvalue weighted by Gasteiger charge is 2.22. The lowest BCUT2D eigenvalue weighted by Crippen LogP contribution is -2.55. The highest BCUT2D eigenvalue weighted by atomic mass is 16.2. The fraction of sp³-hybridized carbons (Fsp3) is 0.857. The molecule has 0 aliphatic carbocycles. The third-order valence-electron chi connectivity index (χ3n) is 3.70. The molecule has 1 saturated heterocycles. The van der Waals surface area contributed by atoms with Crippen LogP contribution in [-0.4, -0.2) is 100 Å². The van der Waals surface area contributed by atoms with Gasteiger partial charge in [0, 0.05) is 52.9 Å². The van der Waals surface area contributed by atoms with E-state index >= 15 is 0 Å². The van der Waals surface area contributed by atoms with E-state index in [0.29, 0.717) is 12.0 Å². The molecule has 1 amide bonds. The molecular weight excluding hydrogens is 268 g/mol. The summed E-state index contributed by atoms with van der Waals surface area (Å²) in [5, 5.41) is 6.51. The normalized spacial score (nSPS) is 21.2. The summed E-state index contributed by atoms with van der Waals surface area (Å²) in [4.78, 5) is 22.2. The monoisotopic (exact) mass is 298 g/mol. The number of hydrogen-bond donors (Lipinski definition) is 2. The largest absolute Gasteiger partial charge is 0.357 e. The van der Waals surface area contributed by atoms with Gasteiger partial charge in [-0.3, -0.25) is 9.69 Å². The predicted octanol–water partition coefficient (Wildman–Crippen LogP) is -1.12. The number of hydrogen-bond acceptors (Lipinski definition) is 4. The maximum absolute atomic E-state index is 11.6. The van der Waals surface area contributed by atoms with Crippen LogP contribution in [0.15, 0.2) is 4.99 Å². The van der Waals surface area contributed by atoms with Crippen molar-refractivity contribution >= 4 is 11.9 Å². The van der Waals surface area contributed by atoms with E-state index in [1.54, 1.807) is 19.0 Å². The van der Waals surface area contributed by atoms with Crippen LogP contribution >= 0.6 is 0 Å². The van der Waals surface area contributed by atoms with Gasteiger partial charge in [0.05, 0.1) is 0 Å². The van der Waals surface area contributed by atoms with E-state index < -0.39 is 0 Å². The molecule has 0 aromatic carbocycles. The van der Waals surface area contributed by atoms with Crippen molar-refractivity contribution in [3.63, 3.8) is 0 Å². The van der Waals surface area contributed by atoms with Crippen LogP contribution in [0.3, 0.4) is 0 Å². The summed E-state index contributed by atoms with van der Waals surface area (Å²) >= 11 is 0. The molecule has 1 fully saturated rings. The fourth-order valence-corrected chi connectivity index (χ4v) is 2.17. The topological polar surface area (TPSA) is 63.2 Å². The van der Waals surface area contributed by atoms with Crippen molar-refractivity contribution in [3.8, 4) is 0 Å². The molecule has 2 N–H and O–H groups in total. The molecule has 1 heterocycles. The van der Waals surface area contributed by atoms with Crippen molar-refractivity contribution in [1.82, 2.24) is 25.3 Å². The Morgan fingerprint density at radius 2 is 2.00 bits per heavy atom. The standard InChI is InChI=1S/C14H30N6O/c1-6-15-14(17-10-13(21)18(2)3)16-9-12-11-19(4)7-8-20(12)5/h12H,6-11H2,1-5H3,(H2,15,16,17). The van der Waals surface area contributed by atoms with E-state index in [2.05, 4.69) is 39.5 Å². The lowest BCUT2D eigenvalue weighted by atomic mass is 10.2. The second-order valence-corrected chi connectivity index (χ2v) is 5.76. The number of amides is 1. The highest BCUT2D eigenvalue weighted by molar-refractivity contribution is 5.84. The van der Waals surface area contributed by atoms with Crippen LogP contribution in [0.25, 0.3) is 0 Å². The second-order valence-electron chi connectivity index (χ2n) is 5.76. The molecule has 1 unspecified atom stereocenters. The van der Waals surface area contributed by atoms with Crippen molar-refractivity contribution in [2.45, 2.75) is 13.0 Å². The maximum Gasteiger partial charge on any atom is 0.243 e. The lowest BCUT2D eigenvalue weighted by Gasteiger charge is -2.37. The second kappa shape index (κ2) is 8.84. The number of rotatable bonds is 5. The molecule has 0 spiro atoms. The van der Waals surface area contributed by atoms with E-state index in [-0.39, 0.29) is 12.5 Å². The zero-order valence-electron chi connectivity index (χ0n) is 14.0. The van der Waals surface area contributed by atoms with Crippen LogP contribution < -0.4 is 10.6 Å². The molecule has 1 atom stereocenters. The number of carbonyl (C=O) groups is 1. The SMILES string of the molecule is CCNC(=NCC(=O)N(C)C)NCC1CN(C)CCN1C. The van der Waals surface area contributed by atoms with Crippen molar-refractivity contribution in [2.75, 3.05) is 67.5 Å². The summed E-state index contributed by atoms with van der Waals surface area (Å²) < 4.78 is 0. The minimum absolute atomic E-state index is 0.00159. The highest BCUT2D eigenvalue weighted by Crippen LogP contribution is 2.04. The molecule has 122 valence electrons. The lowest BCUT2D eigenvalue weighted by molar-refractivity contribution is -0.127. The molecule has 0 aromatic heterocycles. The summed E-state index contributed by atoms with van der Waals surface area (Å²) in [5.41, 5.74) is 0. The molecular formula is C14H30N6O. The van der Waals surface area contributed by atoms with Gasteiger partial charge in [-0.1, -0.05) is 0 Å². The molecule has 1 rings (SSSR count). The van der Waals surface area contributed by atoms with Gasteiger partial charge in [0.15, 0.2) is 5.96 Å². The zero-order valence-corrected chi connectivity index (χ0v) is 14.0. The number of aliphatic imine (C=N–C) groups is 1. The Morgan fingerprint density at radius 3 is 2.62 bits per heavy atom. The summed E-state index contributed by atoms with van der Waals surface area (Å²) in [6.07, 6.45) is 0. The van der Waals surface area contributed by atoms with E-state index in [1.807, 2.05) is 6.92 Å². The first kappa shape index (κ1) is 17.7. The maximum atomic E-state index is 11.6. The van der Waals surface area contributed by atoms with Gasteiger partial charge in [-0.15, -0.1) is 0 Å². The van der Waals surface area contributed by atoms with E-state index in [1.165, 1.54) is 0 Å². The Kier molecular flexibility index (Phi) is 7.45. The third-order valence-corrected chi connectivity index (χ3v) is 3.70. The van der Waals surface area contributed by atoms with E-state index in [4.69, 9.17) is 0 Å². The smallest absolute Gasteiger partial charge is 0.243 e. The van der Waals surface area contributed by atoms with Crippen LogP contribution in [0.5, 0.6) is 0 Å². The van der Waals surface area contributed by atoms with Gasteiger partial charge < -0.3 is 20.4 Å². The summed E-state index contributed by atoms with van der Waals surface area (Å²) in [5.74, 6) is 0.705. The molecule has 0 saturated carbocycles. The number of carbonyl (C=O) groups excluding carboxylic acids is 1. The first-order valence-corrected chi connectivity index (χ1v) is 7.55. The first-order chi connectivity index (χ1) is 9.93. The van der Waals surface area contributed by atoms with Crippen molar-refractivity contribution in [2.24, 2.45) is 4.99 Å². The Hall–Kier alpha value is -1.34. The van der Waals surface area contributed by atoms with Gasteiger partial charge in [0.25, 0.3) is 0 Å². The predicted molar refractivity (Wildman–Crippen MR) is 86.6 cm³/mol. The number of nitrogens with one attached hydrogen (secondary N) is 2. The van der Waals surface area contributed by atoms with Gasteiger partial charge in [-0.05, 0) is 21.0 Å². The number of guanidine groups is 1. The molecule has 1 aliphatic rings. The number of piperazine rings is 1. The number of likely N-dealkylation sites (N-methyl/N-ethyl adjacent to an activating group) is 3. The fourth-order valence-electron chi connectivity index (χ4n) is 2.17. The van der Waals surface area contributed by atoms with Crippen LogP contribution in [0.4, 0.5) is 0 Å². The summed E-state index contributed by atoms with van der Waals surface area (Å²) in [7, 11) is 7.78. The Balaban J connectivity index is 2.49. The molecule has 0 radical (unpaired) electrons. The number of nitrogens with zero attached hydrogens (tertiary/aromatic N) is 4. The molecule has 1 aliphatic heterocycles. The summed E-state index contributed by atoms with van der Waals surface area (Å²) in [6.45, 7) is 7.02. The average molecular weight is 298 g/mol. The molecule has 7 nitrogen and oxygen atoms in total. The van der Waals surface area contributed by atoms with Gasteiger partial charge in [0.1, 0.15) is 6.54 Å². The minimum atomic E-state index is 0.00159. The van der Waals surface area contributed by atoms with Gasteiger partial charge in [-0.25, -0.2) is 4.99 Å². The van der Waals surface area contributed by atoms with E-state index in [9.17, 15) is 4.79 Å². The van der Waals surface area contributed by atoms with Crippen molar-refractivity contribution in [3.05, 3.63) is 0 Å². The van der Waals surface area contributed by atoms with E-state index in [0.717, 1.165) is 32.7 Å². The van der Waals surface area contributed by atoms with Gasteiger partial charge >= 0.3 is 0 Å². The molecule has 7 heteroatoms. The molecule has 21 heavy (non-hydrogen) atoms. The zero-order chi connectivity index (χ0) is 15.8. The van der Waals surface area contributed by atoms with Gasteiger partial charge in [0.2, 0.25) is 5.91 Å². The minimum Gasteiger partial charge on any atom is -0.357 e. The first-order valence-electron chi connectivity index (χ1n) is 7.55. The van der Waals surface area contributed by atoms with Crippen LogP contribution in [-0.2, 0) is 4.79 Å². The molecule has 0 aromatic rings. The Labute approximate surface area is 128 Å². The van der Waals surface area contributed by atoms with Crippen LogP contribution in [0.2, 0.25) is 0 Å². The van der Waals surface area contributed by atoms with Gasteiger partial charge in [-0.2, -0.15) is 0 Å². The van der Waals surface area contributed by atoms with Crippen LogP contribution in [0, 0.1) is 0 Å². The Morgan fingerprint density at radius 1 is 1.29 bits per heavy atom. The average Bonchev–Trinajstić information content (AvgIpc) is 2.44. The quantitative estimate of drug-likeness (QED) is 0.497. The Bertz CT molecular complexity index is 357. The van der Waals surface area contributed by atoms with Crippen molar-refractivity contribution in [1.29, 1.82) is 0 Å². The van der Waals surface area contributed by atoms with Crippen molar-refractivity contribution < 1.29 is 4.79 Å². The molecule has 0 bridgehead atoms. The third kappa shape index (κ3) is 6.31. The summed E-state index contributed by atoms with van der Waals surface area (Å²) in [6, 6.07) is 0.456. The van der Waals surface area contributed by atoms with Crippen LogP contribution in [0.1, 0.15) is 6.92 Å².